The summed E-state index contributed by atoms with van der Waals surface area (Å²) in [6.45, 7) is 0. The smallest absolute Gasteiger partial charge is 0.298 e. The normalized spacial score (nSPS) is 11.2. The Morgan fingerprint density at radius 1 is 1.04 bits per heavy atom. The van der Waals surface area contributed by atoms with Crippen molar-refractivity contribution in [2.45, 2.75) is 0 Å². The molecule has 7 heteroatoms. The van der Waals surface area contributed by atoms with Crippen molar-refractivity contribution in [3.8, 4) is 11.1 Å². The number of benzene rings is 1. The third kappa shape index (κ3) is 1.97. The Morgan fingerprint density at radius 3 is 2.57 bits per heavy atom. The van der Waals surface area contributed by atoms with E-state index in [1.165, 1.54) is 4.68 Å². The summed E-state index contributed by atoms with van der Waals surface area (Å²) in [7, 11) is 3.58. The Kier molecular flexibility index (Phi) is 2.87. The van der Waals surface area contributed by atoms with Crippen LogP contribution in [0.1, 0.15) is 0 Å². The molecule has 0 radical (unpaired) electrons. The molecule has 0 aliphatic rings. The Balaban J connectivity index is 2.03. The average Bonchev–Trinajstić information content (AvgIpc) is 3.00. The molecule has 0 spiro atoms. The van der Waals surface area contributed by atoms with E-state index in [0.717, 1.165) is 11.1 Å². The highest BCUT2D eigenvalue weighted by Gasteiger charge is 2.14. The molecule has 0 saturated carbocycles. The maximum Gasteiger partial charge on any atom is 0.298 e. The molecule has 4 rings (SSSR count). The van der Waals surface area contributed by atoms with E-state index in [-0.39, 0.29) is 11.1 Å². The predicted octanol–water partition coefficient (Wildman–Crippen LogP) is 1.30. The van der Waals surface area contributed by atoms with Crippen molar-refractivity contribution in [2.24, 2.45) is 0 Å². The third-order valence-electron chi connectivity index (χ3n) is 3.76. The van der Waals surface area contributed by atoms with Gasteiger partial charge in [0.25, 0.3) is 5.56 Å². The number of rotatable bonds is 2. The molecule has 0 amide bonds. The van der Waals surface area contributed by atoms with Crippen molar-refractivity contribution in [1.82, 2.24) is 24.5 Å². The van der Waals surface area contributed by atoms with Crippen molar-refractivity contribution < 1.29 is 0 Å². The molecule has 3 heterocycles. The molecule has 4 aromatic rings. The third-order valence-corrected chi connectivity index (χ3v) is 3.76. The lowest BCUT2D eigenvalue weighted by molar-refractivity contribution is 0.702. The highest BCUT2D eigenvalue weighted by Crippen LogP contribution is 2.23. The number of hydrogen-bond donors (Lipinski definition) is 0. The molecule has 114 valence electrons. The first-order valence-electron chi connectivity index (χ1n) is 7.15. The topological polar surface area (TPSA) is 68.3 Å². The maximum atomic E-state index is 12.5. The van der Waals surface area contributed by atoms with Gasteiger partial charge in [0.2, 0.25) is 0 Å². The fourth-order valence-corrected chi connectivity index (χ4v) is 2.62. The van der Waals surface area contributed by atoms with Gasteiger partial charge in [-0.05, 0) is 11.6 Å². The van der Waals surface area contributed by atoms with Crippen LogP contribution < -0.4 is 10.6 Å². The van der Waals surface area contributed by atoms with Gasteiger partial charge < -0.3 is 5.01 Å². The van der Waals surface area contributed by atoms with Gasteiger partial charge in [0, 0.05) is 25.9 Å². The van der Waals surface area contributed by atoms with Crippen LogP contribution >= 0.6 is 0 Å². The molecule has 0 aliphatic carbocycles. The van der Waals surface area contributed by atoms with Gasteiger partial charge in [-0.1, -0.05) is 30.3 Å². The molecule has 0 N–H and O–H groups in total. The summed E-state index contributed by atoms with van der Waals surface area (Å²) in [5.74, 6) is 0. The van der Waals surface area contributed by atoms with Crippen LogP contribution in [0.3, 0.4) is 0 Å². The van der Waals surface area contributed by atoms with Crippen LogP contribution in [-0.4, -0.2) is 38.6 Å². The first kappa shape index (κ1) is 13.4. The molecule has 0 aliphatic heterocycles. The van der Waals surface area contributed by atoms with Gasteiger partial charge in [-0.3, -0.25) is 4.79 Å². The summed E-state index contributed by atoms with van der Waals surface area (Å²) in [5, 5.41) is 14.4. The highest BCUT2D eigenvalue weighted by molar-refractivity contribution is 5.82. The minimum Gasteiger partial charge on any atom is -0.316 e. The summed E-state index contributed by atoms with van der Waals surface area (Å²) in [6.07, 6.45) is 3.45. The van der Waals surface area contributed by atoms with Crippen molar-refractivity contribution >= 4 is 16.7 Å². The second-order valence-corrected chi connectivity index (χ2v) is 5.41. The van der Waals surface area contributed by atoms with Crippen molar-refractivity contribution in [3.63, 3.8) is 0 Å². The zero-order chi connectivity index (χ0) is 16.0. The molecule has 0 bridgehead atoms. The summed E-state index contributed by atoms with van der Waals surface area (Å²) in [5.41, 5.74) is 3.23. The van der Waals surface area contributed by atoms with Crippen LogP contribution in [-0.2, 0) is 0 Å². The van der Waals surface area contributed by atoms with E-state index < -0.39 is 0 Å². The molecule has 0 fully saturated rings. The second kappa shape index (κ2) is 4.91. The van der Waals surface area contributed by atoms with Crippen molar-refractivity contribution in [3.05, 3.63) is 59.1 Å². The summed E-state index contributed by atoms with van der Waals surface area (Å²) in [4.78, 5) is 12.5. The quantitative estimate of drug-likeness (QED) is 0.558. The van der Waals surface area contributed by atoms with Gasteiger partial charge >= 0.3 is 0 Å². The van der Waals surface area contributed by atoms with Crippen LogP contribution in [0.4, 0.5) is 0 Å². The van der Waals surface area contributed by atoms with Crippen LogP contribution in [0, 0.1) is 0 Å². The number of nitrogens with zero attached hydrogens (tertiary/aromatic N) is 6. The minimum absolute atomic E-state index is 0.223. The largest absolute Gasteiger partial charge is 0.316 e. The first-order chi connectivity index (χ1) is 11.2. The number of hydrogen-bond acceptors (Lipinski definition) is 5. The number of aromatic nitrogens is 5. The van der Waals surface area contributed by atoms with Crippen LogP contribution in [0.25, 0.3) is 27.8 Å². The monoisotopic (exact) mass is 306 g/mol. The highest BCUT2D eigenvalue weighted by atomic mass is 16.1. The van der Waals surface area contributed by atoms with Gasteiger partial charge in [-0.2, -0.15) is 5.10 Å². The van der Waals surface area contributed by atoms with E-state index >= 15 is 0 Å². The molecule has 0 unspecified atom stereocenters. The molecule has 1 aromatic carbocycles. The van der Waals surface area contributed by atoms with E-state index in [2.05, 4.69) is 15.3 Å². The van der Waals surface area contributed by atoms with E-state index in [0.29, 0.717) is 11.2 Å². The molecular formula is C16H14N6O. The molecule has 0 atom stereocenters. The Morgan fingerprint density at radius 2 is 1.83 bits per heavy atom. The molecular weight excluding hydrogens is 292 g/mol. The summed E-state index contributed by atoms with van der Waals surface area (Å²) < 4.78 is 3.14. The Bertz CT molecular complexity index is 1060. The van der Waals surface area contributed by atoms with E-state index in [1.807, 2.05) is 36.4 Å². The Hall–Kier alpha value is -3.22. The first-order valence-corrected chi connectivity index (χ1v) is 7.15. The fourth-order valence-electron chi connectivity index (χ4n) is 2.62. The van der Waals surface area contributed by atoms with Crippen molar-refractivity contribution in [1.29, 1.82) is 0 Å². The van der Waals surface area contributed by atoms with E-state index in [4.69, 9.17) is 0 Å². The van der Waals surface area contributed by atoms with Crippen LogP contribution in [0.5, 0.6) is 0 Å². The van der Waals surface area contributed by atoms with Gasteiger partial charge in [-0.25, -0.2) is 9.19 Å². The lowest BCUT2D eigenvalue weighted by atomic mass is 10.1. The zero-order valence-corrected chi connectivity index (χ0v) is 12.7. The summed E-state index contributed by atoms with van der Waals surface area (Å²) in [6, 6.07) is 11.7. The van der Waals surface area contributed by atoms with Gasteiger partial charge in [0.15, 0.2) is 11.2 Å². The summed E-state index contributed by atoms with van der Waals surface area (Å²) >= 11 is 0. The number of pyridine rings is 1. The lowest BCUT2D eigenvalue weighted by Crippen LogP contribution is -2.36. The molecule has 3 aromatic heterocycles. The SMILES string of the molecule is CN(C)n1ccc2c(nnc3c(-c4ccccc4)cnn32)c1=O. The zero-order valence-electron chi connectivity index (χ0n) is 12.7. The lowest BCUT2D eigenvalue weighted by Gasteiger charge is -2.15. The molecule has 0 saturated heterocycles. The molecule has 23 heavy (non-hydrogen) atoms. The predicted molar refractivity (Wildman–Crippen MR) is 88.0 cm³/mol. The average molecular weight is 306 g/mol. The van der Waals surface area contributed by atoms with Crippen molar-refractivity contribution in [2.75, 3.05) is 19.1 Å². The van der Waals surface area contributed by atoms with E-state index in [9.17, 15) is 4.79 Å². The maximum absolute atomic E-state index is 12.5. The fraction of sp³-hybridized carbons (Fsp3) is 0.125. The number of fused-ring (bicyclic) bond motifs is 3. The Labute approximate surface area is 131 Å². The van der Waals surface area contributed by atoms with Gasteiger partial charge in [-0.15, -0.1) is 10.2 Å². The van der Waals surface area contributed by atoms with Crippen LogP contribution in [0.15, 0.2) is 53.6 Å². The minimum atomic E-state index is -0.223. The van der Waals surface area contributed by atoms with Crippen LogP contribution in [0.2, 0.25) is 0 Å². The van der Waals surface area contributed by atoms with Gasteiger partial charge in [0.1, 0.15) is 5.52 Å². The second-order valence-electron chi connectivity index (χ2n) is 5.41. The van der Waals surface area contributed by atoms with Gasteiger partial charge in [0.05, 0.1) is 6.20 Å². The van der Waals surface area contributed by atoms with E-state index in [1.54, 1.807) is 36.0 Å². The standard InChI is InChI=1S/C16H14N6O/c1-20(2)21-9-8-13-14(16(21)23)18-19-15-12(10-17-22(13)15)11-6-4-3-5-7-11/h3-10H,1-2H3. The molecule has 7 nitrogen and oxygen atoms in total.